The molecule has 0 aliphatic heterocycles. The van der Waals surface area contributed by atoms with E-state index in [-0.39, 0.29) is 6.04 Å². The predicted octanol–water partition coefficient (Wildman–Crippen LogP) is 5.65. The Bertz CT molecular complexity index is 587. The number of benzene rings is 1. The Morgan fingerprint density at radius 1 is 1.29 bits per heavy atom. The highest BCUT2D eigenvalue weighted by molar-refractivity contribution is 9.10. The molecule has 0 bridgehead atoms. The van der Waals surface area contributed by atoms with E-state index in [2.05, 4.69) is 40.3 Å². The maximum atomic E-state index is 6.11. The number of hydrogen-bond acceptors (Lipinski definition) is 3. The van der Waals surface area contributed by atoms with Gasteiger partial charge < -0.3 is 10.1 Å². The minimum atomic E-state index is 0.0986. The van der Waals surface area contributed by atoms with E-state index in [1.54, 1.807) is 11.3 Å². The van der Waals surface area contributed by atoms with Gasteiger partial charge in [0.15, 0.2) is 0 Å². The SMILES string of the molecule is CCCNC(c1ccc(Cl)s1)c1cc(Br)ccc1OCC. The third-order valence-electron chi connectivity index (χ3n) is 3.06. The predicted molar refractivity (Wildman–Crippen MR) is 94.8 cm³/mol. The normalized spacial score (nSPS) is 12.4. The molecule has 2 aromatic rings. The van der Waals surface area contributed by atoms with Crippen molar-refractivity contribution in [1.29, 1.82) is 0 Å². The van der Waals surface area contributed by atoms with Crippen molar-refractivity contribution in [3.05, 3.63) is 49.6 Å². The lowest BCUT2D eigenvalue weighted by Crippen LogP contribution is -2.23. The molecule has 0 radical (unpaired) electrons. The van der Waals surface area contributed by atoms with Crippen molar-refractivity contribution in [2.45, 2.75) is 26.3 Å². The molecule has 0 amide bonds. The second kappa shape index (κ2) is 8.18. The molecule has 2 nitrogen and oxygen atoms in total. The molecule has 5 heteroatoms. The van der Waals surface area contributed by atoms with Gasteiger partial charge in [-0.2, -0.15) is 0 Å². The van der Waals surface area contributed by atoms with Crippen LogP contribution in [0, 0.1) is 0 Å². The monoisotopic (exact) mass is 387 g/mol. The van der Waals surface area contributed by atoms with Crippen molar-refractivity contribution in [1.82, 2.24) is 5.32 Å². The van der Waals surface area contributed by atoms with Crippen molar-refractivity contribution in [3.63, 3.8) is 0 Å². The van der Waals surface area contributed by atoms with Crippen LogP contribution in [0.1, 0.15) is 36.8 Å². The number of ether oxygens (including phenoxy) is 1. The molecule has 1 unspecified atom stereocenters. The molecule has 1 atom stereocenters. The van der Waals surface area contributed by atoms with Crippen molar-refractivity contribution in [2.24, 2.45) is 0 Å². The van der Waals surface area contributed by atoms with Gasteiger partial charge in [-0.25, -0.2) is 0 Å². The fourth-order valence-electron chi connectivity index (χ4n) is 2.17. The third-order valence-corrected chi connectivity index (χ3v) is 4.85. The summed E-state index contributed by atoms with van der Waals surface area (Å²) in [7, 11) is 0. The van der Waals surface area contributed by atoms with Crippen LogP contribution in [0.2, 0.25) is 4.34 Å². The molecule has 0 saturated heterocycles. The molecule has 0 spiro atoms. The molecule has 1 aromatic carbocycles. The smallest absolute Gasteiger partial charge is 0.124 e. The van der Waals surface area contributed by atoms with Crippen LogP contribution in [-0.2, 0) is 0 Å². The number of halogens is 2. The molecule has 114 valence electrons. The van der Waals surface area contributed by atoms with Crippen LogP contribution in [-0.4, -0.2) is 13.2 Å². The van der Waals surface area contributed by atoms with E-state index >= 15 is 0 Å². The summed E-state index contributed by atoms with van der Waals surface area (Å²) in [5.74, 6) is 0.916. The summed E-state index contributed by atoms with van der Waals surface area (Å²) in [6.45, 7) is 5.76. The largest absolute Gasteiger partial charge is 0.494 e. The number of rotatable bonds is 7. The quantitative estimate of drug-likeness (QED) is 0.661. The molecular weight excluding hydrogens is 370 g/mol. The molecule has 1 N–H and O–H groups in total. The van der Waals surface area contributed by atoms with Gasteiger partial charge >= 0.3 is 0 Å². The first-order valence-corrected chi connectivity index (χ1v) is 9.05. The van der Waals surface area contributed by atoms with E-state index < -0.39 is 0 Å². The zero-order valence-corrected chi connectivity index (χ0v) is 15.3. The standard InChI is InChI=1S/C16H19BrClNOS/c1-3-9-19-16(14-7-8-15(18)21-14)12-10-11(17)5-6-13(12)20-4-2/h5-8,10,16,19H,3-4,9H2,1-2H3. The van der Waals surface area contributed by atoms with Crippen molar-refractivity contribution < 1.29 is 4.74 Å². The van der Waals surface area contributed by atoms with Gasteiger partial charge in [0, 0.05) is 14.9 Å². The Hall–Kier alpha value is -0.550. The van der Waals surface area contributed by atoms with Crippen molar-refractivity contribution >= 4 is 38.9 Å². The molecule has 1 aromatic heterocycles. The summed E-state index contributed by atoms with van der Waals surface area (Å²) in [6, 6.07) is 10.3. The maximum absolute atomic E-state index is 6.11. The summed E-state index contributed by atoms with van der Waals surface area (Å²) in [4.78, 5) is 1.20. The van der Waals surface area contributed by atoms with Crippen molar-refractivity contribution in [3.8, 4) is 5.75 Å². The summed E-state index contributed by atoms with van der Waals surface area (Å²) in [5, 5.41) is 3.59. The zero-order valence-electron chi connectivity index (χ0n) is 12.2. The average molecular weight is 389 g/mol. The highest BCUT2D eigenvalue weighted by Crippen LogP contribution is 2.36. The van der Waals surface area contributed by atoms with Crippen LogP contribution in [0.4, 0.5) is 0 Å². The number of nitrogens with one attached hydrogen (secondary N) is 1. The van der Waals surface area contributed by atoms with E-state index in [9.17, 15) is 0 Å². The molecule has 0 aliphatic carbocycles. The molecule has 21 heavy (non-hydrogen) atoms. The Morgan fingerprint density at radius 2 is 2.10 bits per heavy atom. The first-order chi connectivity index (χ1) is 10.2. The third kappa shape index (κ3) is 4.46. The van der Waals surface area contributed by atoms with Crippen LogP contribution >= 0.6 is 38.9 Å². The molecule has 2 rings (SSSR count). The lowest BCUT2D eigenvalue weighted by atomic mass is 10.0. The van der Waals surface area contributed by atoms with Gasteiger partial charge in [-0.3, -0.25) is 0 Å². The van der Waals surface area contributed by atoms with Crippen molar-refractivity contribution in [2.75, 3.05) is 13.2 Å². The fraction of sp³-hybridized carbons (Fsp3) is 0.375. The summed E-state index contributed by atoms with van der Waals surface area (Å²) in [5.41, 5.74) is 1.14. The highest BCUT2D eigenvalue weighted by atomic mass is 79.9. The lowest BCUT2D eigenvalue weighted by molar-refractivity contribution is 0.333. The van der Waals surface area contributed by atoms with Gasteiger partial charge in [0.25, 0.3) is 0 Å². The van der Waals surface area contributed by atoms with E-state index in [1.807, 2.05) is 25.1 Å². The molecule has 0 aliphatic rings. The van der Waals surface area contributed by atoms with E-state index in [0.717, 1.165) is 33.1 Å². The van der Waals surface area contributed by atoms with Crippen LogP contribution in [0.15, 0.2) is 34.8 Å². The topological polar surface area (TPSA) is 21.3 Å². The summed E-state index contributed by atoms with van der Waals surface area (Å²) in [6.07, 6.45) is 1.08. The van der Waals surface area contributed by atoms with Gasteiger partial charge in [0.05, 0.1) is 17.0 Å². The fourth-order valence-corrected chi connectivity index (χ4v) is 3.70. The van der Waals surface area contributed by atoms with E-state index in [1.165, 1.54) is 4.88 Å². The Labute approximate surface area is 143 Å². The minimum absolute atomic E-state index is 0.0986. The van der Waals surface area contributed by atoms with Crippen LogP contribution in [0.5, 0.6) is 5.75 Å². The molecule has 0 saturated carbocycles. The highest BCUT2D eigenvalue weighted by Gasteiger charge is 2.20. The van der Waals surface area contributed by atoms with Crippen LogP contribution in [0.3, 0.4) is 0 Å². The van der Waals surface area contributed by atoms with Gasteiger partial charge in [0.1, 0.15) is 5.75 Å². The average Bonchev–Trinajstić information content (AvgIpc) is 2.89. The Kier molecular flexibility index (Phi) is 6.55. The molecule has 0 fully saturated rings. The van der Waals surface area contributed by atoms with E-state index in [4.69, 9.17) is 16.3 Å². The first-order valence-electron chi connectivity index (χ1n) is 7.06. The van der Waals surface area contributed by atoms with Crippen LogP contribution in [0.25, 0.3) is 0 Å². The van der Waals surface area contributed by atoms with Gasteiger partial charge in [-0.15, -0.1) is 11.3 Å². The first kappa shape index (κ1) is 16.8. The minimum Gasteiger partial charge on any atom is -0.494 e. The molecular formula is C16H19BrClNOS. The summed E-state index contributed by atoms with van der Waals surface area (Å²) >= 11 is 11.3. The van der Waals surface area contributed by atoms with Crippen LogP contribution < -0.4 is 10.1 Å². The maximum Gasteiger partial charge on any atom is 0.124 e. The van der Waals surface area contributed by atoms with Gasteiger partial charge in [-0.05, 0) is 50.2 Å². The lowest BCUT2D eigenvalue weighted by Gasteiger charge is -2.21. The van der Waals surface area contributed by atoms with E-state index in [0.29, 0.717) is 6.61 Å². The second-order valence-electron chi connectivity index (χ2n) is 4.64. The van der Waals surface area contributed by atoms with Gasteiger partial charge in [0.2, 0.25) is 0 Å². The zero-order chi connectivity index (χ0) is 15.2. The second-order valence-corrected chi connectivity index (χ2v) is 7.31. The number of hydrogen-bond donors (Lipinski definition) is 1. The summed E-state index contributed by atoms with van der Waals surface area (Å²) < 4.78 is 7.65. The Morgan fingerprint density at radius 3 is 2.71 bits per heavy atom. The number of thiophene rings is 1. The molecule has 1 heterocycles. The Balaban J connectivity index is 2.42. The van der Waals surface area contributed by atoms with Gasteiger partial charge in [-0.1, -0.05) is 34.5 Å².